The maximum atomic E-state index is 12.4. The van der Waals surface area contributed by atoms with Gasteiger partial charge < -0.3 is 15.0 Å². The van der Waals surface area contributed by atoms with Crippen LogP contribution < -0.4 is 15.0 Å². The van der Waals surface area contributed by atoms with Crippen molar-refractivity contribution in [2.75, 3.05) is 30.4 Å². The quantitative estimate of drug-likeness (QED) is 0.105. The van der Waals surface area contributed by atoms with Crippen LogP contribution >= 0.6 is 11.3 Å². The smallest absolute Gasteiger partial charge is 0.221 e. The molecule has 270 valence electrons. The molecule has 3 aromatic rings. The van der Waals surface area contributed by atoms with Crippen LogP contribution in [0.3, 0.4) is 0 Å². The molecule has 0 aliphatic rings. The summed E-state index contributed by atoms with van der Waals surface area (Å²) in [5.74, 6) is 1.56. The van der Waals surface area contributed by atoms with Crippen LogP contribution in [0.4, 0.5) is 32.8 Å². The number of azo groups is 2. The van der Waals surface area contributed by atoms with E-state index in [1.807, 2.05) is 24.3 Å². The number of carbonyl (C=O) groups is 1. The average molecular weight is 700 g/mol. The number of anilines is 2. The molecule has 1 heterocycles. The Kier molecular flexibility index (Phi) is 17.6. The molecule has 10 heteroatoms. The fraction of sp³-hybridized carbons (Fsp3) is 0.550. The van der Waals surface area contributed by atoms with Gasteiger partial charge in [-0.3, -0.25) is 4.79 Å². The Morgan fingerprint density at radius 2 is 1.52 bits per heavy atom. The van der Waals surface area contributed by atoms with Gasteiger partial charge in [0.1, 0.15) is 22.5 Å². The second-order valence-electron chi connectivity index (χ2n) is 13.0. The molecule has 1 aromatic heterocycles. The second kappa shape index (κ2) is 21.9. The number of unbranched alkanes of at least 4 members (excludes halogenated alkanes) is 3. The zero-order valence-electron chi connectivity index (χ0n) is 31.3. The Bertz CT molecular complexity index is 1560. The van der Waals surface area contributed by atoms with E-state index in [4.69, 9.17) is 4.74 Å². The van der Waals surface area contributed by atoms with Crippen molar-refractivity contribution in [1.29, 1.82) is 5.26 Å². The summed E-state index contributed by atoms with van der Waals surface area (Å²) >= 11 is 1.24. The highest BCUT2D eigenvalue weighted by atomic mass is 32.1. The van der Waals surface area contributed by atoms with Crippen molar-refractivity contribution < 1.29 is 9.53 Å². The predicted octanol–water partition coefficient (Wildman–Crippen LogP) is 13.0. The van der Waals surface area contributed by atoms with E-state index in [0.717, 1.165) is 56.6 Å². The molecule has 2 atom stereocenters. The van der Waals surface area contributed by atoms with E-state index in [1.54, 1.807) is 13.2 Å². The van der Waals surface area contributed by atoms with Gasteiger partial charge in [0.15, 0.2) is 5.00 Å². The highest BCUT2D eigenvalue weighted by Crippen LogP contribution is 2.43. The zero-order valence-corrected chi connectivity index (χ0v) is 32.1. The lowest BCUT2D eigenvalue weighted by Gasteiger charge is -2.34. The van der Waals surface area contributed by atoms with Crippen molar-refractivity contribution in [1.82, 2.24) is 0 Å². The Labute approximate surface area is 304 Å². The largest absolute Gasteiger partial charge is 0.494 e. The van der Waals surface area contributed by atoms with E-state index in [2.05, 4.69) is 83.5 Å². The molecule has 50 heavy (non-hydrogen) atoms. The summed E-state index contributed by atoms with van der Waals surface area (Å²) in [7, 11) is 1.67. The number of thiophene rings is 1. The number of hydrogen-bond donors (Lipinski definition) is 1. The molecule has 0 aliphatic carbocycles. The van der Waals surface area contributed by atoms with Crippen molar-refractivity contribution in [3.63, 3.8) is 0 Å². The highest BCUT2D eigenvalue weighted by Gasteiger charge is 2.23. The first kappa shape index (κ1) is 40.3. The van der Waals surface area contributed by atoms with E-state index in [-0.39, 0.29) is 5.91 Å². The minimum Gasteiger partial charge on any atom is -0.494 e. The molecule has 0 fully saturated rings. The molecule has 1 amide bonds. The number of nitrogens with zero attached hydrogens (tertiary/aromatic N) is 6. The number of aryl methyl sites for hydroxylation is 1. The van der Waals surface area contributed by atoms with Gasteiger partial charge in [0.25, 0.3) is 0 Å². The summed E-state index contributed by atoms with van der Waals surface area (Å²) < 4.78 is 5.99. The topological polar surface area (TPSA) is 115 Å². The van der Waals surface area contributed by atoms with Crippen LogP contribution in [0.2, 0.25) is 0 Å². The maximum absolute atomic E-state index is 12.4. The fourth-order valence-corrected chi connectivity index (χ4v) is 6.71. The number of rotatable bonds is 22. The standard InChI is InChI=1S/C40H57N7O2S/c1-8-13-16-30(11-4)27-47(28-31(12-5)17-14-9-2)37-24-35(42-29(6)48)36(25-38(37)49-7)44-46-40-33(26-41)23-39(50-40)45-43-34-21-19-32(20-22-34)18-15-10-3/h19-25,30-31H,8-18,27-28H2,1-7H3,(H,42,48). The van der Waals surface area contributed by atoms with E-state index in [9.17, 15) is 10.1 Å². The summed E-state index contributed by atoms with van der Waals surface area (Å²) in [5, 5.41) is 31.6. The first-order chi connectivity index (χ1) is 24.3. The molecule has 2 unspecified atom stereocenters. The summed E-state index contributed by atoms with van der Waals surface area (Å²) in [6, 6.07) is 15.7. The van der Waals surface area contributed by atoms with Gasteiger partial charge in [-0.2, -0.15) is 5.26 Å². The monoisotopic (exact) mass is 699 g/mol. The Morgan fingerprint density at radius 3 is 2.06 bits per heavy atom. The van der Waals surface area contributed by atoms with Gasteiger partial charge in [0.05, 0.1) is 29.7 Å². The summed E-state index contributed by atoms with van der Waals surface area (Å²) in [5.41, 5.74) is 4.31. The van der Waals surface area contributed by atoms with Gasteiger partial charge in [-0.1, -0.05) is 103 Å². The number of hydrogen-bond acceptors (Lipinski definition) is 9. The number of amides is 1. The van der Waals surface area contributed by atoms with Crippen LogP contribution in [0.15, 0.2) is 62.9 Å². The molecule has 0 aliphatic heterocycles. The SMILES string of the molecule is CCCCc1ccc(N=Nc2cc(C#N)c(N=Nc3cc(OC)c(N(CC(CC)CCCC)CC(CC)CCCC)cc3NC(C)=O)s2)cc1. The molecular formula is C40H57N7O2S. The number of methoxy groups -OCH3 is 1. The van der Waals surface area contributed by atoms with Crippen LogP contribution in [0, 0.1) is 23.2 Å². The molecular weight excluding hydrogens is 643 g/mol. The fourth-order valence-electron chi connectivity index (χ4n) is 5.96. The van der Waals surface area contributed by atoms with Crippen molar-refractivity contribution in [2.24, 2.45) is 32.3 Å². The van der Waals surface area contributed by atoms with Gasteiger partial charge in [-0.15, -0.1) is 20.5 Å². The number of ether oxygens (including phenoxy) is 1. The Balaban J connectivity index is 1.98. The average Bonchev–Trinajstić information content (AvgIpc) is 3.54. The predicted molar refractivity (Wildman–Crippen MR) is 209 cm³/mol. The lowest BCUT2D eigenvalue weighted by atomic mass is 9.95. The van der Waals surface area contributed by atoms with Gasteiger partial charge >= 0.3 is 0 Å². The molecule has 0 spiro atoms. The van der Waals surface area contributed by atoms with E-state index >= 15 is 0 Å². The van der Waals surface area contributed by atoms with Crippen molar-refractivity contribution >= 4 is 50.0 Å². The molecule has 0 saturated heterocycles. The summed E-state index contributed by atoms with van der Waals surface area (Å²) in [6.45, 7) is 14.5. The van der Waals surface area contributed by atoms with Crippen LogP contribution in [-0.4, -0.2) is 26.1 Å². The third kappa shape index (κ3) is 12.7. The third-order valence-corrected chi connectivity index (χ3v) is 9.98. The molecule has 3 rings (SSSR count). The first-order valence-electron chi connectivity index (χ1n) is 18.5. The van der Waals surface area contributed by atoms with Crippen molar-refractivity contribution in [2.45, 2.75) is 112 Å². The highest BCUT2D eigenvalue weighted by molar-refractivity contribution is 7.19. The van der Waals surface area contributed by atoms with Crippen LogP contribution in [0.1, 0.15) is 117 Å². The van der Waals surface area contributed by atoms with E-state index in [0.29, 0.717) is 44.5 Å². The van der Waals surface area contributed by atoms with E-state index < -0.39 is 0 Å². The van der Waals surface area contributed by atoms with Gasteiger partial charge in [-0.25, -0.2) is 0 Å². The minimum atomic E-state index is -0.206. The van der Waals surface area contributed by atoms with Gasteiger partial charge in [-0.05, 0) is 67.3 Å². The summed E-state index contributed by atoms with van der Waals surface area (Å²) in [6.07, 6.45) is 12.7. The third-order valence-electron chi connectivity index (χ3n) is 9.08. The normalized spacial score (nSPS) is 12.7. The van der Waals surface area contributed by atoms with Crippen LogP contribution in [0.5, 0.6) is 5.75 Å². The van der Waals surface area contributed by atoms with E-state index in [1.165, 1.54) is 62.3 Å². The number of nitrogens with one attached hydrogen (secondary N) is 1. The maximum Gasteiger partial charge on any atom is 0.221 e. The zero-order chi connectivity index (χ0) is 36.3. The molecule has 9 nitrogen and oxygen atoms in total. The number of carbonyl (C=O) groups excluding carboxylic acids is 1. The minimum absolute atomic E-state index is 0.206. The Hall–Kier alpha value is -4.10. The van der Waals surface area contributed by atoms with Crippen LogP contribution in [0.25, 0.3) is 0 Å². The lowest BCUT2D eigenvalue weighted by molar-refractivity contribution is -0.114. The summed E-state index contributed by atoms with van der Waals surface area (Å²) in [4.78, 5) is 14.9. The number of benzene rings is 2. The Morgan fingerprint density at radius 1 is 0.880 bits per heavy atom. The molecule has 0 radical (unpaired) electrons. The molecule has 1 N–H and O–H groups in total. The first-order valence-corrected chi connectivity index (χ1v) is 19.3. The van der Waals surface area contributed by atoms with Crippen LogP contribution in [-0.2, 0) is 11.2 Å². The lowest BCUT2D eigenvalue weighted by Crippen LogP contribution is -2.34. The van der Waals surface area contributed by atoms with Gasteiger partial charge in [0.2, 0.25) is 5.91 Å². The van der Waals surface area contributed by atoms with Crippen molar-refractivity contribution in [3.05, 3.63) is 53.6 Å². The number of nitriles is 1. The van der Waals surface area contributed by atoms with Gasteiger partial charge in [0, 0.05) is 26.1 Å². The molecule has 2 aromatic carbocycles. The molecule has 0 saturated carbocycles. The molecule has 0 bridgehead atoms. The van der Waals surface area contributed by atoms with Crippen molar-refractivity contribution in [3.8, 4) is 11.8 Å². The second-order valence-corrected chi connectivity index (χ2v) is 14.1.